The molecule has 6 aliphatic rings. The van der Waals surface area contributed by atoms with E-state index in [1.54, 1.807) is 0 Å². The summed E-state index contributed by atoms with van der Waals surface area (Å²) in [6.07, 6.45) is 3.76. The summed E-state index contributed by atoms with van der Waals surface area (Å²) in [6, 6.07) is 0. The third-order valence-corrected chi connectivity index (χ3v) is 13.7. The van der Waals surface area contributed by atoms with Crippen LogP contribution < -0.4 is 0 Å². The van der Waals surface area contributed by atoms with Crippen molar-refractivity contribution >= 4 is 0 Å². The third kappa shape index (κ3) is 5.01. The van der Waals surface area contributed by atoms with Crippen molar-refractivity contribution in [3.05, 3.63) is 0 Å². The Morgan fingerprint density at radius 2 is 1.64 bits per heavy atom. The fraction of sp³-hybridized carbons (Fsp3) is 1.00. The van der Waals surface area contributed by atoms with E-state index in [4.69, 9.17) is 14.2 Å². The Balaban J connectivity index is 1.05. The van der Waals surface area contributed by atoms with E-state index < -0.39 is 43.1 Å². The Morgan fingerprint density at radius 1 is 0.905 bits per heavy atom. The first kappa shape index (κ1) is 31.6. The number of aliphatic hydroxyl groups is 6. The molecule has 17 atom stereocenters. The maximum Gasteiger partial charge on any atom is 0.186 e. The van der Waals surface area contributed by atoms with Crippen LogP contribution >= 0.6 is 0 Å². The van der Waals surface area contributed by atoms with Gasteiger partial charge in [-0.2, -0.15) is 0 Å². The molecule has 0 spiro atoms. The maximum atomic E-state index is 11.8. The molecule has 0 aromatic heterocycles. The summed E-state index contributed by atoms with van der Waals surface area (Å²) in [5, 5.41) is 61.9. The van der Waals surface area contributed by atoms with Crippen molar-refractivity contribution in [2.45, 2.75) is 141 Å². The average molecular weight is 597 g/mol. The zero-order valence-electron chi connectivity index (χ0n) is 26.0. The second-order valence-electron chi connectivity index (χ2n) is 15.9. The lowest BCUT2D eigenvalue weighted by Crippen LogP contribution is -2.59. The number of rotatable bonds is 7. The Labute approximate surface area is 250 Å². The van der Waals surface area contributed by atoms with Crippen molar-refractivity contribution in [2.75, 3.05) is 13.2 Å². The van der Waals surface area contributed by atoms with Gasteiger partial charge in [-0.25, -0.2) is 0 Å². The standard InChI is InChI=1S/C33H56O9/c1-17(16-40-30-29(38)28(37)27(36)25(15-34)41-30)7-12-33(39)18(2)26-24(42-33)14-23-21-6-5-19-13-20(35)8-10-31(19,3)22(21)9-11-32(23,26)4/h17-30,34-39H,5-16H2,1-4H3. The number of ether oxygens (including phenoxy) is 3. The highest BCUT2D eigenvalue weighted by Crippen LogP contribution is 2.70. The quantitative estimate of drug-likeness (QED) is 0.261. The average Bonchev–Trinajstić information content (AvgIpc) is 3.39. The van der Waals surface area contributed by atoms with E-state index in [9.17, 15) is 30.6 Å². The molecule has 4 aliphatic carbocycles. The van der Waals surface area contributed by atoms with E-state index in [0.717, 1.165) is 31.6 Å². The number of fused-ring (bicyclic) bond motifs is 7. The monoisotopic (exact) mass is 596 g/mol. The molecule has 0 aromatic carbocycles. The van der Waals surface area contributed by atoms with Gasteiger partial charge in [0.15, 0.2) is 12.1 Å². The summed E-state index contributed by atoms with van der Waals surface area (Å²) in [4.78, 5) is 0. The molecule has 0 radical (unpaired) electrons. The smallest absolute Gasteiger partial charge is 0.186 e. The van der Waals surface area contributed by atoms with Crippen molar-refractivity contribution in [2.24, 2.45) is 52.3 Å². The van der Waals surface area contributed by atoms with Gasteiger partial charge in [0.25, 0.3) is 0 Å². The lowest BCUT2D eigenvalue weighted by Gasteiger charge is -2.61. The highest BCUT2D eigenvalue weighted by atomic mass is 16.7. The van der Waals surface area contributed by atoms with Gasteiger partial charge in [-0.15, -0.1) is 0 Å². The third-order valence-electron chi connectivity index (χ3n) is 13.7. The van der Waals surface area contributed by atoms with E-state index >= 15 is 0 Å². The Bertz CT molecular complexity index is 964. The van der Waals surface area contributed by atoms with Crippen LogP contribution in [-0.4, -0.2) is 92.6 Å². The second-order valence-corrected chi connectivity index (χ2v) is 15.9. The highest BCUT2D eigenvalue weighted by molar-refractivity contribution is 5.15. The number of hydrogen-bond acceptors (Lipinski definition) is 9. The van der Waals surface area contributed by atoms with E-state index in [1.165, 1.54) is 25.7 Å². The van der Waals surface area contributed by atoms with Crippen molar-refractivity contribution in [3.63, 3.8) is 0 Å². The molecule has 6 N–H and O–H groups in total. The SMILES string of the molecule is CC(CCC1(O)OC2CC3C4CCC5CC(O)CCC5(C)C4CCC3(C)C2C1C)COC1OC(CO)C(O)C(O)C1O. The zero-order valence-corrected chi connectivity index (χ0v) is 26.0. The fourth-order valence-corrected chi connectivity index (χ4v) is 11.2. The van der Waals surface area contributed by atoms with E-state index in [0.29, 0.717) is 41.9 Å². The van der Waals surface area contributed by atoms with Crippen LogP contribution in [-0.2, 0) is 14.2 Å². The molecule has 0 bridgehead atoms. The topological polar surface area (TPSA) is 149 Å². The molecule has 2 heterocycles. The fourth-order valence-electron chi connectivity index (χ4n) is 11.2. The van der Waals surface area contributed by atoms with Gasteiger partial charge in [-0.05, 0) is 104 Å². The summed E-state index contributed by atoms with van der Waals surface area (Å²) in [5.74, 6) is 1.96. The van der Waals surface area contributed by atoms with Crippen LogP contribution in [0.15, 0.2) is 0 Å². The summed E-state index contributed by atoms with van der Waals surface area (Å²) in [5.41, 5.74) is 0.521. The van der Waals surface area contributed by atoms with E-state index in [2.05, 4.69) is 20.8 Å². The van der Waals surface area contributed by atoms with Gasteiger partial charge in [0.1, 0.15) is 24.4 Å². The van der Waals surface area contributed by atoms with Crippen molar-refractivity contribution in [3.8, 4) is 0 Å². The summed E-state index contributed by atoms with van der Waals surface area (Å²) < 4.78 is 17.8. The van der Waals surface area contributed by atoms with Crippen LogP contribution in [0.25, 0.3) is 0 Å². The summed E-state index contributed by atoms with van der Waals surface area (Å²) in [7, 11) is 0. The molecule has 4 saturated carbocycles. The molecule has 0 aromatic rings. The van der Waals surface area contributed by atoms with Crippen LogP contribution in [0.1, 0.15) is 91.9 Å². The van der Waals surface area contributed by atoms with Crippen LogP contribution in [0.3, 0.4) is 0 Å². The lowest BCUT2D eigenvalue weighted by atomic mass is 9.44. The molecular formula is C33H56O9. The van der Waals surface area contributed by atoms with Gasteiger partial charge in [0.2, 0.25) is 0 Å². The highest BCUT2D eigenvalue weighted by Gasteiger charge is 2.68. The Kier molecular flexibility index (Phi) is 8.63. The van der Waals surface area contributed by atoms with Gasteiger partial charge >= 0.3 is 0 Å². The molecule has 6 fully saturated rings. The van der Waals surface area contributed by atoms with Crippen molar-refractivity contribution < 1.29 is 44.8 Å². The van der Waals surface area contributed by atoms with Gasteiger partial charge < -0.3 is 44.8 Å². The van der Waals surface area contributed by atoms with Crippen LogP contribution in [0.4, 0.5) is 0 Å². The van der Waals surface area contributed by atoms with Crippen LogP contribution in [0.2, 0.25) is 0 Å². The van der Waals surface area contributed by atoms with Gasteiger partial charge in [0, 0.05) is 12.3 Å². The summed E-state index contributed by atoms with van der Waals surface area (Å²) >= 11 is 0. The number of hydrogen-bond donors (Lipinski definition) is 6. The molecule has 0 amide bonds. The Morgan fingerprint density at radius 3 is 2.38 bits per heavy atom. The van der Waals surface area contributed by atoms with Gasteiger partial charge in [-0.3, -0.25) is 0 Å². The predicted octanol–water partition coefficient (Wildman–Crippen LogP) is 2.57. The molecular weight excluding hydrogens is 540 g/mol. The van der Waals surface area contributed by atoms with Crippen molar-refractivity contribution in [1.29, 1.82) is 0 Å². The minimum absolute atomic E-state index is 0.0290. The van der Waals surface area contributed by atoms with E-state index in [-0.39, 0.29) is 36.1 Å². The van der Waals surface area contributed by atoms with Crippen molar-refractivity contribution in [1.82, 2.24) is 0 Å². The maximum absolute atomic E-state index is 11.8. The minimum atomic E-state index is -1.46. The molecule has 2 aliphatic heterocycles. The Hall–Kier alpha value is -0.360. The predicted molar refractivity (Wildman–Crippen MR) is 154 cm³/mol. The first-order valence-electron chi connectivity index (χ1n) is 16.8. The van der Waals surface area contributed by atoms with Gasteiger partial charge in [-0.1, -0.05) is 27.7 Å². The summed E-state index contributed by atoms with van der Waals surface area (Å²) in [6.45, 7) is 8.95. The molecule has 42 heavy (non-hydrogen) atoms. The first-order chi connectivity index (χ1) is 19.8. The molecule has 17 unspecified atom stereocenters. The first-order valence-corrected chi connectivity index (χ1v) is 16.8. The largest absolute Gasteiger partial charge is 0.394 e. The lowest BCUT2D eigenvalue weighted by molar-refractivity contribution is -0.303. The molecule has 6 rings (SSSR count). The molecule has 9 heteroatoms. The van der Waals surface area contributed by atoms with Crippen LogP contribution in [0.5, 0.6) is 0 Å². The molecule has 2 saturated heterocycles. The van der Waals surface area contributed by atoms with Gasteiger partial charge in [0.05, 0.1) is 25.4 Å². The van der Waals surface area contributed by atoms with E-state index in [1.807, 2.05) is 6.92 Å². The zero-order chi connectivity index (χ0) is 30.2. The minimum Gasteiger partial charge on any atom is -0.394 e. The molecule has 9 nitrogen and oxygen atoms in total. The normalized spacial score (nSPS) is 56.3. The second kappa shape index (κ2) is 11.5. The van der Waals surface area contributed by atoms with Crippen LogP contribution in [0, 0.1) is 52.3 Å². The molecule has 242 valence electrons. The number of aliphatic hydroxyl groups excluding tert-OH is 5.